The third-order valence-electron chi connectivity index (χ3n) is 1.97. The highest BCUT2D eigenvalue weighted by molar-refractivity contribution is 5.19. The molecule has 0 spiro atoms. The standard InChI is InChI=1S/C9H11N3/c1-12-7-9(10-11-12)8-5-3-2-4-6-8/h2-6,9H,7H2,1H3. The van der Waals surface area contributed by atoms with Crippen LogP contribution in [0, 0.1) is 0 Å². The molecule has 1 heterocycles. The van der Waals surface area contributed by atoms with Crippen molar-refractivity contribution >= 4 is 0 Å². The first kappa shape index (κ1) is 7.28. The Morgan fingerprint density at radius 3 is 2.67 bits per heavy atom. The van der Waals surface area contributed by atoms with E-state index in [1.165, 1.54) is 5.56 Å². The molecule has 0 fully saturated rings. The molecule has 0 saturated carbocycles. The molecule has 0 saturated heterocycles. The van der Waals surface area contributed by atoms with Crippen LogP contribution in [0.3, 0.4) is 0 Å². The molecule has 0 bridgehead atoms. The summed E-state index contributed by atoms with van der Waals surface area (Å²) < 4.78 is 0. The monoisotopic (exact) mass is 161 g/mol. The van der Waals surface area contributed by atoms with Crippen LogP contribution in [0.1, 0.15) is 11.6 Å². The van der Waals surface area contributed by atoms with Crippen molar-refractivity contribution < 1.29 is 0 Å². The third-order valence-corrected chi connectivity index (χ3v) is 1.97. The maximum absolute atomic E-state index is 4.14. The average molecular weight is 161 g/mol. The van der Waals surface area contributed by atoms with Gasteiger partial charge in [-0.15, -0.1) is 0 Å². The largest absolute Gasteiger partial charge is 0.279 e. The summed E-state index contributed by atoms with van der Waals surface area (Å²) in [5, 5.41) is 9.95. The van der Waals surface area contributed by atoms with E-state index in [2.05, 4.69) is 22.5 Å². The van der Waals surface area contributed by atoms with E-state index in [1.54, 1.807) is 0 Å². The summed E-state index contributed by atoms with van der Waals surface area (Å²) in [6, 6.07) is 10.5. The van der Waals surface area contributed by atoms with Crippen molar-refractivity contribution in [1.29, 1.82) is 0 Å². The summed E-state index contributed by atoms with van der Waals surface area (Å²) in [4.78, 5) is 0. The van der Waals surface area contributed by atoms with Gasteiger partial charge in [0.2, 0.25) is 0 Å². The van der Waals surface area contributed by atoms with Crippen LogP contribution < -0.4 is 0 Å². The Kier molecular flexibility index (Phi) is 1.78. The highest BCUT2D eigenvalue weighted by atomic mass is 15.6. The predicted molar refractivity (Wildman–Crippen MR) is 46.7 cm³/mol. The van der Waals surface area contributed by atoms with Gasteiger partial charge in [0.15, 0.2) is 0 Å². The Labute approximate surface area is 71.7 Å². The molecule has 0 N–H and O–H groups in total. The Morgan fingerprint density at radius 2 is 2.08 bits per heavy atom. The van der Waals surface area contributed by atoms with E-state index in [9.17, 15) is 0 Å². The highest BCUT2D eigenvalue weighted by Gasteiger charge is 2.17. The summed E-state index contributed by atoms with van der Waals surface area (Å²) in [5.41, 5.74) is 1.24. The first-order valence-corrected chi connectivity index (χ1v) is 4.03. The molecule has 1 aliphatic rings. The molecule has 2 rings (SSSR count). The minimum atomic E-state index is 0.233. The lowest BCUT2D eigenvalue weighted by atomic mass is 10.1. The van der Waals surface area contributed by atoms with Gasteiger partial charge < -0.3 is 0 Å². The molecule has 0 amide bonds. The fourth-order valence-electron chi connectivity index (χ4n) is 1.32. The number of hydrogen-bond acceptors (Lipinski definition) is 3. The van der Waals surface area contributed by atoms with E-state index in [1.807, 2.05) is 30.3 Å². The van der Waals surface area contributed by atoms with Gasteiger partial charge in [0, 0.05) is 7.05 Å². The third kappa shape index (κ3) is 1.30. The van der Waals surface area contributed by atoms with Crippen LogP contribution in [0.5, 0.6) is 0 Å². The maximum Gasteiger partial charge on any atom is 0.117 e. The fraction of sp³-hybridized carbons (Fsp3) is 0.333. The summed E-state index contributed by atoms with van der Waals surface area (Å²) in [7, 11) is 1.94. The predicted octanol–water partition coefficient (Wildman–Crippen LogP) is 2.04. The van der Waals surface area contributed by atoms with Gasteiger partial charge in [-0.05, 0) is 5.56 Å². The van der Waals surface area contributed by atoms with E-state index >= 15 is 0 Å². The van der Waals surface area contributed by atoms with Crippen molar-refractivity contribution in [3.05, 3.63) is 35.9 Å². The van der Waals surface area contributed by atoms with Gasteiger partial charge in [-0.2, -0.15) is 5.11 Å². The Hall–Kier alpha value is -1.38. The van der Waals surface area contributed by atoms with E-state index < -0.39 is 0 Å². The second-order valence-corrected chi connectivity index (χ2v) is 2.97. The summed E-state index contributed by atoms with van der Waals surface area (Å²) in [6.07, 6.45) is 0. The zero-order valence-electron chi connectivity index (χ0n) is 7.01. The maximum atomic E-state index is 4.14. The topological polar surface area (TPSA) is 28.0 Å². The molecule has 1 aromatic carbocycles. The number of likely N-dealkylation sites (N-methyl/N-ethyl adjacent to an activating group) is 1. The number of benzene rings is 1. The lowest BCUT2D eigenvalue weighted by molar-refractivity contribution is 0.380. The number of hydrogen-bond donors (Lipinski definition) is 0. The molecule has 0 aromatic heterocycles. The summed E-state index contributed by atoms with van der Waals surface area (Å²) >= 11 is 0. The normalized spacial score (nSPS) is 21.8. The SMILES string of the molecule is CN1CC(c2ccccc2)N=N1. The molecule has 1 aromatic rings. The number of rotatable bonds is 1. The molecule has 0 radical (unpaired) electrons. The molecule has 3 heteroatoms. The zero-order valence-corrected chi connectivity index (χ0v) is 7.01. The lowest BCUT2D eigenvalue weighted by Crippen LogP contribution is -2.10. The average Bonchev–Trinajstić information content (AvgIpc) is 2.54. The molecule has 0 aliphatic carbocycles. The Balaban J connectivity index is 2.18. The van der Waals surface area contributed by atoms with Crippen molar-refractivity contribution in [2.75, 3.05) is 13.6 Å². The zero-order chi connectivity index (χ0) is 8.39. The van der Waals surface area contributed by atoms with Crippen LogP contribution in [-0.4, -0.2) is 18.6 Å². The summed E-state index contributed by atoms with van der Waals surface area (Å²) in [6.45, 7) is 0.893. The molecule has 12 heavy (non-hydrogen) atoms. The fourth-order valence-corrected chi connectivity index (χ4v) is 1.32. The second-order valence-electron chi connectivity index (χ2n) is 2.97. The van der Waals surface area contributed by atoms with Gasteiger partial charge in [0.1, 0.15) is 6.04 Å². The minimum absolute atomic E-state index is 0.233. The lowest BCUT2D eigenvalue weighted by Gasteiger charge is -2.06. The van der Waals surface area contributed by atoms with Crippen LogP contribution in [-0.2, 0) is 0 Å². The van der Waals surface area contributed by atoms with E-state index in [0.717, 1.165) is 6.54 Å². The van der Waals surface area contributed by atoms with E-state index in [-0.39, 0.29) is 6.04 Å². The molecular formula is C9H11N3. The quantitative estimate of drug-likeness (QED) is 0.619. The molecular weight excluding hydrogens is 150 g/mol. The molecule has 3 nitrogen and oxygen atoms in total. The number of nitrogens with zero attached hydrogens (tertiary/aromatic N) is 3. The van der Waals surface area contributed by atoms with Gasteiger partial charge in [-0.25, -0.2) is 0 Å². The first-order valence-electron chi connectivity index (χ1n) is 4.03. The van der Waals surface area contributed by atoms with E-state index in [0.29, 0.717) is 0 Å². The van der Waals surface area contributed by atoms with Gasteiger partial charge in [-0.1, -0.05) is 35.6 Å². The van der Waals surface area contributed by atoms with Crippen LogP contribution in [0.25, 0.3) is 0 Å². The van der Waals surface area contributed by atoms with Crippen LogP contribution in [0.15, 0.2) is 40.7 Å². The molecule has 62 valence electrons. The van der Waals surface area contributed by atoms with Gasteiger partial charge in [0.05, 0.1) is 6.54 Å². The van der Waals surface area contributed by atoms with Crippen LogP contribution in [0.2, 0.25) is 0 Å². The van der Waals surface area contributed by atoms with Crippen LogP contribution in [0.4, 0.5) is 0 Å². The van der Waals surface area contributed by atoms with Crippen molar-refractivity contribution in [3.8, 4) is 0 Å². The van der Waals surface area contributed by atoms with Gasteiger partial charge in [-0.3, -0.25) is 5.01 Å². The van der Waals surface area contributed by atoms with Crippen molar-refractivity contribution in [2.45, 2.75) is 6.04 Å². The van der Waals surface area contributed by atoms with Crippen molar-refractivity contribution in [2.24, 2.45) is 10.3 Å². The Bertz CT molecular complexity index is 281. The first-order chi connectivity index (χ1) is 5.86. The highest BCUT2D eigenvalue weighted by Crippen LogP contribution is 2.22. The summed E-state index contributed by atoms with van der Waals surface area (Å²) in [5.74, 6) is 0. The van der Waals surface area contributed by atoms with Crippen molar-refractivity contribution in [1.82, 2.24) is 5.01 Å². The second kappa shape index (κ2) is 2.93. The van der Waals surface area contributed by atoms with Gasteiger partial charge >= 0.3 is 0 Å². The van der Waals surface area contributed by atoms with E-state index in [4.69, 9.17) is 0 Å². The molecule has 1 unspecified atom stereocenters. The molecule has 1 atom stereocenters. The molecule has 1 aliphatic heterocycles. The van der Waals surface area contributed by atoms with Gasteiger partial charge in [0.25, 0.3) is 0 Å². The minimum Gasteiger partial charge on any atom is -0.279 e. The smallest absolute Gasteiger partial charge is 0.117 e. The Morgan fingerprint density at radius 1 is 1.33 bits per heavy atom. The van der Waals surface area contributed by atoms with Crippen molar-refractivity contribution in [3.63, 3.8) is 0 Å². The van der Waals surface area contributed by atoms with Crippen LogP contribution >= 0.6 is 0 Å².